The molecule has 17 heavy (non-hydrogen) atoms. The van der Waals surface area contributed by atoms with Crippen molar-refractivity contribution in [3.63, 3.8) is 0 Å². The van der Waals surface area contributed by atoms with Gasteiger partial charge in [0.05, 0.1) is 12.7 Å². The monoisotopic (exact) mass is 237 g/mol. The largest absolute Gasteiger partial charge is 0.496 e. The van der Waals surface area contributed by atoms with E-state index in [1.54, 1.807) is 25.3 Å². The van der Waals surface area contributed by atoms with Crippen molar-refractivity contribution in [1.29, 1.82) is 0 Å². The van der Waals surface area contributed by atoms with E-state index in [9.17, 15) is 4.79 Å². The van der Waals surface area contributed by atoms with Crippen molar-refractivity contribution in [1.82, 2.24) is 0 Å². The average Bonchev–Trinajstić information content (AvgIpc) is 2.25. The number of esters is 1. The Bertz CT molecular complexity index is 408. The van der Waals surface area contributed by atoms with Crippen LogP contribution in [-0.4, -0.2) is 18.7 Å². The van der Waals surface area contributed by atoms with Crippen LogP contribution in [0.2, 0.25) is 0 Å². The zero-order chi connectivity index (χ0) is 13.1. The fraction of sp³-hybridized carbons (Fsp3) is 0.462. The first-order chi connectivity index (χ1) is 7.87. The summed E-state index contributed by atoms with van der Waals surface area (Å²) in [5, 5.41) is 0. The van der Waals surface area contributed by atoms with Gasteiger partial charge in [0.2, 0.25) is 0 Å². The minimum Gasteiger partial charge on any atom is -0.496 e. The van der Waals surface area contributed by atoms with Crippen LogP contribution in [-0.2, 0) is 11.3 Å². The van der Waals surface area contributed by atoms with Crippen LogP contribution in [0.4, 0.5) is 0 Å². The van der Waals surface area contributed by atoms with E-state index in [0.29, 0.717) is 17.9 Å². The van der Waals surface area contributed by atoms with E-state index in [1.807, 2.05) is 20.8 Å². The zero-order valence-electron chi connectivity index (χ0n) is 10.7. The predicted octanol–water partition coefficient (Wildman–Crippen LogP) is 2.11. The Morgan fingerprint density at radius 3 is 2.47 bits per heavy atom. The lowest BCUT2D eigenvalue weighted by Gasteiger charge is -2.19. The molecule has 0 atom stereocenters. The summed E-state index contributed by atoms with van der Waals surface area (Å²) in [5.74, 6) is 0.246. The Morgan fingerprint density at radius 1 is 1.35 bits per heavy atom. The van der Waals surface area contributed by atoms with Crippen LogP contribution >= 0.6 is 0 Å². The molecular weight excluding hydrogens is 218 g/mol. The molecule has 94 valence electrons. The first-order valence-corrected chi connectivity index (χ1v) is 5.47. The van der Waals surface area contributed by atoms with Gasteiger partial charge in [-0.3, -0.25) is 0 Å². The molecule has 0 unspecified atom stereocenters. The van der Waals surface area contributed by atoms with Crippen LogP contribution in [0.5, 0.6) is 5.75 Å². The van der Waals surface area contributed by atoms with Crippen molar-refractivity contribution in [3.05, 3.63) is 29.3 Å². The summed E-state index contributed by atoms with van der Waals surface area (Å²) in [6.45, 7) is 5.86. The van der Waals surface area contributed by atoms with Crippen LogP contribution in [0.25, 0.3) is 0 Å². The standard InChI is InChI=1S/C13H19NO3/c1-13(2,3)17-12(15)9-5-6-10(8-14)11(7-9)16-4/h5-7H,8,14H2,1-4H3. The highest BCUT2D eigenvalue weighted by Crippen LogP contribution is 2.21. The Balaban J connectivity index is 2.96. The molecule has 0 heterocycles. The fourth-order valence-electron chi connectivity index (χ4n) is 1.38. The van der Waals surface area contributed by atoms with Gasteiger partial charge in [-0.2, -0.15) is 0 Å². The zero-order valence-corrected chi connectivity index (χ0v) is 10.7. The van der Waals surface area contributed by atoms with Gasteiger partial charge < -0.3 is 15.2 Å². The number of carbonyl (C=O) groups is 1. The number of methoxy groups -OCH3 is 1. The van der Waals surface area contributed by atoms with Crippen LogP contribution in [0, 0.1) is 0 Å². The Labute approximate surface area is 102 Å². The molecule has 4 nitrogen and oxygen atoms in total. The number of nitrogens with two attached hydrogens (primary N) is 1. The number of hydrogen-bond acceptors (Lipinski definition) is 4. The van der Waals surface area contributed by atoms with Gasteiger partial charge in [0.1, 0.15) is 11.4 Å². The Morgan fingerprint density at radius 2 is 2.00 bits per heavy atom. The molecule has 0 radical (unpaired) electrons. The summed E-state index contributed by atoms with van der Waals surface area (Å²) in [6, 6.07) is 5.12. The van der Waals surface area contributed by atoms with Gasteiger partial charge >= 0.3 is 5.97 Å². The quantitative estimate of drug-likeness (QED) is 0.818. The van der Waals surface area contributed by atoms with E-state index in [4.69, 9.17) is 15.2 Å². The number of benzene rings is 1. The molecule has 1 rings (SSSR count). The molecule has 0 aliphatic carbocycles. The third-order valence-electron chi connectivity index (χ3n) is 2.14. The Hall–Kier alpha value is -1.55. The molecule has 4 heteroatoms. The van der Waals surface area contributed by atoms with Crippen LogP contribution in [0.1, 0.15) is 36.7 Å². The highest BCUT2D eigenvalue weighted by molar-refractivity contribution is 5.90. The maximum Gasteiger partial charge on any atom is 0.338 e. The van der Waals surface area contributed by atoms with E-state index in [2.05, 4.69) is 0 Å². The number of carbonyl (C=O) groups excluding carboxylic acids is 1. The number of ether oxygens (including phenoxy) is 2. The summed E-state index contributed by atoms with van der Waals surface area (Å²) in [4.78, 5) is 11.8. The summed E-state index contributed by atoms with van der Waals surface area (Å²) >= 11 is 0. The average molecular weight is 237 g/mol. The highest BCUT2D eigenvalue weighted by Gasteiger charge is 2.18. The van der Waals surface area contributed by atoms with E-state index in [1.165, 1.54) is 0 Å². The van der Waals surface area contributed by atoms with Crippen molar-refractivity contribution in [2.75, 3.05) is 7.11 Å². The van der Waals surface area contributed by atoms with E-state index in [0.717, 1.165) is 5.56 Å². The molecule has 2 N–H and O–H groups in total. The van der Waals surface area contributed by atoms with Crippen molar-refractivity contribution in [3.8, 4) is 5.75 Å². The maximum absolute atomic E-state index is 11.8. The van der Waals surface area contributed by atoms with Crippen molar-refractivity contribution >= 4 is 5.97 Å². The Kier molecular flexibility index (Phi) is 4.12. The smallest absolute Gasteiger partial charge is 0.338 e. The normalized spacial score (nSPS) is 11.1. The summed E-state index contributed by atoms with van der Waals surface area (Å²) in [6.07, 6.45) is 0. The fourth-order valence-corrected chi connectivity index (χ4v) is 1.38. The molecule has 0 amide bonds. The van der Waals surface area contributed by atoms with Gasteiger partial charge in [0.25, 0.3) is 0 Å². The SMILES string of the molecule is COc1cc(C(=O)OC(C)(C)C)ccc1CN. The van der Waals surface area contributed by atoms with Crippen molar-refractivity contribution in [2.45, 2.75) is 32.9 Å². The molecule has 0 saturated heterocycles. The molecule has 0 aliphatic heterocycles. The van der Waals surface area contributed by atoms with Gasteiger partial charge in [0.15, 0.2) is 0 Å². The summed E-state index contributed by atoms with van der Waals surface area (Å²) in [5.41, 5.74) is 6.38. The summed E-state index contributed by atoms with van der Waals surface area (Å²) < 4.78 is 10.4. The van der Waals surface area contributed by atoms with Gasteiger partial charge in [0, 0.05) is 12.1 Å². The third kappa shape index (κ3) is 3.75. The second-order valence-electron chi connectivity index (χ2n) is 4.73. The van der Waals surface area contributed by atoms with Crippen LogP contribution in [0.15, 0.2) is 18.2 Å². The minimum atomic E-state index is -0.503. The molecule has 1 aromatic rings. The molecule has 0 aliphatic rings. The number of rotatable bonds is 3. The van der Waals surface area contributed by atoms with Gasteiger partial charge in [-0.15, -0.1) is 0 Å². The number of hydrogen-bond donors (Lipinski definition) is 1. The van der Waals surface area contributed by atoms with E-state index >= 15 is 0 Å². The van der Waals surface area contributed by atoms with Gasteiger partial charge in [-0.25, -0.2) is 4.79 Å². The second kappa shape index (κ2) is 5.19. The third-order valence-corrected chi connectivity index (χ3v) is 2.14. The van der Waals surface area contributed by atoms with Crippen LogP contribution in [0.3, 0.4) is 0 Å². The highest BCUT2D eigenvalue weighted by atomic mass is 16.6. The van der Waals surface area contributed by atoms with E-state index < -0.39 is 5.60 Å². The lowest BCUT2D eigenvalue weighted by molar-refractivity contribution is 0.00692. The molecule has 1 aromatic carbocycles. The van der Waals surface area contributed by atoms with Gasteiger partial charge in [-0.05, 0) is 32.9 Å². The van der Waals surface area contributed by atoms with Crippen molar-refractivity contribution in [2.24, 2.45) is 5.73 Å². The first kappa shape index (κ1) is 13.5. The molecule has 0 spiro atoms. The molecule has 0 fully saturated rings. The lowest BCUT2D eigenvalue weighted by atomic mass is 10.1. The van der Waals surface area contributed by atoms with E-state index in [-0.39, 0.29) is 5.97 Å². The lowest BCUT2D eigenvalue weighted by Crippen LogP contribution is -2.24. The topological polar surface area (TPSA) is 61.5 Å². The van der Waals surface area contributed by atoms with Crippen LogP contribution < -0.4 is 10.5 Å². The molecule has 0 saturated carbocycles. The molecule has 0 aromatic heterocycles. The predicted molar refractivity (Wildman–Crippen MR) is 66.1 cm³/mol. The minimum absolute atomic E-state index is 0.362. The first-order valence-electron chi connectivity index (χ1n) is 5.47. The maximum atomic E-state index is 11.8. The second-order valence-corrected chi connectivity index (χ2v) is 4.73. The van der Waals surface area contributed by atoms with Gasteiger partial charge in [-0.1, -0.05) is 6.07 Å². The molecule has 0 bridgehead atoms. The molecular formula is C13H19NO3. The van der Waals surface area contributed by atoms with Crippen molar-refractivity contribution < 1.29 is 14.3 Å². The summed E-state index contributed by atoms with van der Waals surface area (Å²) in [7, 11) is 1.55.